The molecule has 1 heterocycles. The number of aromatic nitrogens is 2. The highest BCUT2D eigenvalue weighted by Crippen LogP contribution is 2.15. The second kappa shape index (κ2) is 5.01. The summed E-state index contributed by atoms with van der Waals surface area (Å²) in [5.41, 5.74) is 6.06. The fourth-order valence-corrected chi connectivity index (χ4v) is 1.70. The minimum Gasteiger partial charge on any atom is -0.383 e. The van der Waals surface area contributed by atoms with Crippen molar-refractivity contribution >= 4 is 11.7 Å². The van der Waals surface area contributed by atoms with Crippen LogP contribution >= 0.6 is 0 Å². The molecule has 0 saturated heterocycles. The first-order valence-electron chi connectivity index (χ1n) is 5.49. The summed E-state index contributed by atoms with van der Waals surface area (Å²) in [6, 6.07) is 0.196. The standard InChI is InChI=1S/C11H20N4O/c1-7(2)5-8(3)15(4)11(16)9-6-13-14-10(9)12/h6-8H,5H2,1-4H3,(H3,12,13,14). The minimum atomic E-state index is -0.0839. The van der Waals surface area contributed by atoms with Crippen LogP contribution in [0.3, 0.4) is 0 Å². The van der Waals surface area contributed by atoms with Gasteiger partial charge in [0.25, 0.3) is 5.91 Å². The maximum atomic E-state index is 12.0. The molecule has 1 amide bonds. The number of aromatic amines is 1. The lowest BCUT2D eigenvalue weighted by Crippen LogP contribution is -2.36. The predicted molar refractivity (Wildman–Crippen MR) is 64.0 cm³/mol. The molecule has 5 nitrogen and oxygen atoms in total. The van der Waals surface area contributed by atoms with Gasteiger partial charge in [0.05, 0.1) is 6.20 Å². The van der Waals surface area contributed by atoms with Crippen LogP contribution in [0.5, 0.6) is 0 Å². The van der Waals surface area contributed by atoms with Crippen LogP contribution in [-0.2, 0) is 0 Å². The van der Waals surface area contributed by atoms with Gasteiger partial charge in [-0.25, -0.2) is 0 Å². The van der Waals surface area contributed by atoms with Gasteiger partial charge >= 0.3 is 0 Å². The average Bonchev–Trinajstić information content (AvgIpc) is 2.61. The lowest BCUT2D eigenvalue weighted by Gasteiger charge is -2.26. The van der Waals surface area contributed by atoms with Crippen molar-refractivity contribution in [2.45, 2.75) is 33.2 Å². The molecule has 1 unspecified atom stereocenters. The van der Waals surface area contributed by atoms with Gasteiger partial charge in [-0.3, -0.25) is 9.89 Å². The van der Waals surface area contributed by atoms with E-state index in [2.05, 4.69) is 24.0 Å². The predicted octanol–water partition coefficient (Wildman–Crippen LogP) is 1.50. The van der Waals surface area contributed by atoms with Crippen molar-refractivity contribution < 1.29 is 4.79 Å². The van der Waals surface area contributed by atoms with E-state index in [0.717, 1.165) is 6.42 Å². The summed E-state index contributed by atoms with van der Waals surface area (Å²) in [4.78, 5) is 13.7. The summed E-state index contributed by atoms with van der Waals surface area (Å²) in [5.74, 6) is 0.806. The molecule has 1 aromatic rings. The molecule has 3 N–H and O–H groups in total. The third kappa shape index (κ3) is 2.74. The van der Waals surface area contributed by atoms with Crippen molar-refractivity contribution in [1.82, 2.24) is 15.1 Å². The Balaban J connectivity index is 2.71. The Labute approximate surface area is 96.0 Å². The third-order valence-corrected chi connectivity index (χ3v) is 2.69. The summed E-state index contributed by atoms with van der Waals surface area (Å²) in [7, 11) is 1.79. The van der Waals surface area contributed by atoms with Crippen LogP contribution in [-0.4, -0.2) is 34.1 Å². The fourth-order valence-electron chi connectivity index (χ4n) is 1.70. The molecule has 1 atom stereocenters. The van der Waals surface area contributed by atoms with Crippen molar-refractivity contribution in [3.05, 3.63) is 11.8 Å². The van der Waals surface area contributed by atoms with Crippen molar-refractivity contribution in [1.29, 1.82) is 0 Å². The molecule has 1 aromatic heterocycles. The zero-order valence-corrected chi connectivity index (χ0v) is 10.3. The van der Waals surface area contributed by atoms with E-state index < -0.39 is 0 Å². The average molecular weight is 224 g/mol. The maximum absolute atomic E-state index is 12.0. The van der Waals surface area contributed by atoms with Gasteiger partial charge in [0.1, 0.15) is 11.4 Å². The highest BCUT2D eigenvalue weighted by molar-refractivity contribution is 5.98. The number of H-pyrrole nitrogens is 1. The third-order valence-electron chi connectivity index (χ3n) is 2.69. The first-order valence-corrected chi connectivity index (χ1v) is 5.49. The molecular formula is C11H20N4O. The van der Waals surface area contributed by atoms with E-state index in [-0.39, 0.29) is 11.9 Å². The van der Waals surface area contributed by atoms with Gasteiger partial charge in [0.2, 0.25) is 0 Å². The van der Waals surface area contributed by atoms with Crippen LogP contribution in [0.1, 0.15) is 37.6 Å². The molecular weight excluding hydrogens is 204 g/mol. The summed E-state index contributed by atoms with van der Waals surface area (Å²) in [6.07, 6.45) is 2.44. The number of nitrogens with zero attached hydrogens (tertiary/aromatic N) is 2. The van der Waals surface area contributed by atoms with E-state index in [9.17, 15) is 4.79 Å². The van der Waals surface area contributed by atoms with E-state index in [1.54, 1.807) is 11.9 Å². The SMILES string of the molecule is CC(C)CC(C)N(C)C(=O)c1cn[nH]c1N. The van der Waals surface area contributed by atoms with Crippen LogP contribution in [0.4, 0.5) is 5.82 Å². The second-order valence-electron chi connectivity index (χ2n) is 4.59. The van der Waals surface area contributed by atoms with Gasteiger partial charge in [-0.05, 0) is 19.3 Å². The van der Waals surface area contributed by atoms with Crippen LogP contribution in [0, 0.1) is 5.92 Å². The highest BCUT2D eigenvalue weighted by atomic mass is 16.2. The van der Waals surface area contributed by atoms with Crippen LogP contribution < -0.4 is 5.73 Å². The van der Waals surface area contributed by atoms with Gasteiger partial charge in [0.15, 0.2) is 0 Å². The first-order chi connectivity index (χ1) is 7.43. The Kier molecular flexibility index (Phi) is 3.93. The Hall–Kier alpha value is -1.52. The van der Waals surface area contributed by atoms with Gasteiger partial charge in [-0.2, -0.15) is 5.10 Å². The summed E-state index contributed by atoms with van der Waals surface area (Å²) >= 11 is 0. The Morgan fingerprint density at radius 3 is 2.62 bits per heavy atom. The van der Waals surface area contributed by atoms with Crippen molar-refractivity contribution in [2.75, 3.05) is 12.8 Å². The lowest BCUT2D eigenvalue weighted by molar-refractivity contribution is 0.0729. The maximum Gasteiger partial charge on any atom is 0.259 e. The van der Waals surface area contributed by atoms with E-state index in [0.29, 0.717) is 17.3 Å². The number of nitrogens with one attached hydrogen (secondary N) is 1. The lowest BCUT2D eigenvalue weighted by atomic mass is 10.0. The van der Waals surface area contributed by atoms with Crippen molar-refractivity contribution in [3.63, 3.8) is 0 Å². The molecule has 0 bridgehead atoms. The van der Waals surface area contributed by atoms with Crippen LogP contribution in [0.2, 0.25) is 0 Å². The summed E-state index contributed by atoms with van der Waals surface area (Å²) < 4.78 is 0. The molecule has 5 heteroatoms. The number of rotatable bonds is 4. The first kappa shape index (κ1) is 12.5. The fraction of sp³-hybridized carbons (Fsp3) is 0.636. The van der Waals surface area contributed by atoms with Gasteiger partial charge < -0.3 is 10.6 Å². The van der Waals surface area contributed by atoms with Gasteiger partial charge in [0, 0.05) is 13.1 Å². The quantitative estimate of drug-likeness (QED) is 0.813. The normalized spacial score (nSPS) is 12.8. The highest BCUT2D eigenvalue weighted by Gasteiger charge is 2.21. The van der Waals surface area contributed by atoms with Crippen LogP contribution in [0.15, 0.2) is 6.20 Å². The second-order valence-corrected chi connectivity index (χ2v) is 4.59. The molecule has 0 aromatic carbocycles. The molecule has 16 heavy (non-hydrogen) atoms. The van der Waals surface area contributed by atoms with Crippen molar-refractivity contribution in [2.24, 2.45) is 5.92 Å². The molecule has 0 spiro atoms. The molecule has 1 rings (SSSR count). The van der Waals surface area contributed by atoms with E-state index >= 15 is 0 Å². The summed E-state index contributed by atoms with van der Waals surface area (Å²) in [6.45, 7) is 6.32. The zero-order valence-electron chi connectivity index (χ0n) is 10.3. The number of carbonyl (C=O) groups excluding carboxylic acids is 1. The monoisotopic (exact) mass is 224 g/mol. The molecule has 90 valence electrons. The smallest absolute Gasteiger partial charge is 0.259 e. The molecule has 0 aliphatic rings. The molecule has 0 saturated carbocycles. The molecule has 0 fully saturated rings. The Bertz CT molecular complexity index is 359. The largest absolute Gasteiger partial charge is 0.383 e. The molecule has 0 aliphatic heterocycles. The molecule has 0 aliphatic carbocycles. The van der Waals surface area contributed by atoms with E-state index in [1.165, 1.54) is 6.20 Å². The zero-order chi connectivity index (χ0) is 12.3. The number of carbonyl (C=O) groups is 1. The number of hydrogen-bond donors (Lipinski definition) is 2. The topological polar surface area (TPSA) is 75.0 Å². The van der Waals surface area contributed by atoms with Crippen LogP contribution in [0.25, 0.3) is 0 Å². The number of nitrogen functional groups attached to an aromatic ring is 1. The Morgan fingerprint density at radius 2 is 2.19 bits per heavy atom. The minimum absolute atomic E-state index is 0.0839. The van der Waals surface area contributed by atoms with Gasteiger partial charge in [-0.15, -0.1) is 0 Å². The number of hydrogen-bond acceptors (Lipinski definition) is 3. The number of anilines is 1. The summed E-state index contributed by atoms with van der Waals surface area (Å²) in [5, 5.41) is 6.31. The van der Waals surface area contributed by atoms with Crippen molar-refractivity contribution in [3.8, 4) is 0 Å². The Morgan fingerprint density at radius 1 is 1.56 bits per heavy atom. The van der Waals surface area contributed by atoms with Gasteiger partial charge in [-0.1, -0.05) is 13.8 Å². The van der Waals surface area contributed by atoms with E-state index in [4.69, 9.17) is 5.73 Å². The van der Waals surface area contributed by atoms with E-state index in [1.807, 2.05) is 6.92 Å². The number of amides is 1. The molecule has 0 radical (unpaired) electrons. The number of nitrogens with two attached hydrogens (primary N) is 1.